The van der Waals surface area contributed by atoms with E-state index in [-0.39, 0.29) is 48.3 Å². The molecule has 0 fully saturated rings. The van der Waals surface area contributed by atoms with Crippen LogP contribution in [0.3, 0.4) is 0 Å². The molecule has 0 aromatic heterocycles. The molecule has 0 aliphatic carbocycles. The summed E-state index contributed by atoms with van der Waals surface area (Å²) in [6.07, 6.45) is 15.9. The minimum atomic E-state index is -1.19. The van der Waals surface area contributed by atoms with Crippen LogP contribution in [-0.4, -0.2) is 34.1 Å². The molecule has 0 aromatic carbocycles. The Kier molecular flexibility index (Phi) is 22.3. The molecule has 0 saturated carbocycles. The van der Waals surface area contributed by atoms with Crippen LogP contribution in [0.1, 0.15) is 110 Å². The van der Waals surface area contributed by atoms with Crippen LogP contribution in [0.4, 0.5) is 0 Å². The number of carbonyl (C=O) groups excluding carboxylic acids is 1. The summed E-state index contributed by atoms with van der Waals surface area (Å²) in [4.78, 5) is 33.3. The minimum Gasteiger partial charge on any atom is -0.481 e. The maximum atomic E-state index is 11.8. The first-order chi connectivity index (χ1) is 13.0. The van der Waals surface area contributed by atoms with E-state index in [0.717, 1.165) is 19.3 Å². The van der Waals surface area contributed by atoms with Gasteiger partial charge in [-0.15, -0.1) is 0 Å². The molecule has 158 valence electrons. The smallest absolute Gasteiger partial charge is 0.481 e. The average molecular weight is 409 g/mol. The number of carboxylic acids is 2. The van der Waals surface area contributed by atoms with Gasteiger partial charge in [-0.2, -0.15) is 0 Å². The van der Waals surface area contributed by atoms with Crippen molar-refractivity contribution in [1.29, 1.82) is 0 Å². The molecule has 6 nitrogen and oxygen atoms in total. The number of carboxylic acid groups (broad SMARTS) is 2. The van der Waals surface area contributed by atoms with Crippen LogP contribution in [0.15, 0.2) is 0 Å². The van der Waals surface area contributed by atoms with Gasteiger partial charge >= 0.3 is 41.5 Å². The molecule has 3 N–H and O–H groups in total. The van der Waals surface area contributed by atoms with Crippen molar-refractivity contribution in [2.45, 2.75) is 116 Å². The number of amides is 1. The Labute approximate surface area is 192 Å². The van der Waals surface area contributed by atoms with Gasteiger partial charge in [0.1, 0.15) is 6.04 Å². The standard InChI is InChI=1S/C21H39NO5.Na/c1-2-3-4-5-6-7-8-9-10-11-12-13-14-15-19(23)22-18(21(26)27)16-17-20(24)25;/h18H,2-17H2,1H3,(H,22,23)(H,24,25)(H,26,27);/q;+1/t18-;/m0./s1. The third kappa shape index (κ3) is 20.2. The Bertz CT molecular complexity index is 418. The Balaban J connectivity index is 0. The van der Waals surface area contributed by atoms with Crippen LogP contribution in [0, 0.1) is 0 Å². The second-order valence-electron chi connectivity index (χ2n) is 7.38. The Morgan fingerprint density at radius 1 is 0.714 bits per heavy atom. The van der Waals surface area contributed by atoms with E-state index in [2.05, 4.69) is 12.2 Å². The van der Waals surface area contributed by atoms with Gasteiger partial charge in [0.2, 0.25) is 5.91 Å². The van der Waals surface area contributed by atoms with Gasteiger partial charge in [0.15, 0.2) is 0 Å². The molecule has 0 aromatic rings. The molecule has 0 aliphatic heterocycles. The van der Waals surface area contributed by atoms with Gasteiger partial charge < -0.3 is 15.5 Å². The van der Waals surface area contributed by atoms with Gasteiger partial charge in [-0.25, -0.2) is 4.79 Å². The van der Waals surface area contributed by atoms with Crippen LogP contribution in [-0.2, 0) is 14.4 Å². The molecule has 0 spiro atoms. The fourth-order valence-electron chi connectivity index (χ4n) is 3.10. The summed E-state index contributed by atoms with van der Waals surface area (Å²) in [5.41, 5.74) is 0. The van der Waals surface area contributed by atoms with E-state index in [9.17, 15) is 14.4 Å². The van der Waals surface area contributed by atoms with Crippen molar-refractivity contribution in [3.05, 3.63) is 0 Å². The van der Waals surface area contributed by atoms with Crippen molar-refractivity contribution in [3.63, 3.8) is 0 Å². The van der Waals surface area contributed by atoms with Gasteiger partial charge in [-0.3, -0.25) is 9.59 Å². The first kappa shape index (κ1) is 29.6. The predicted molar refractivity (Wildman–Crippen MR) is 107 cm³/mol. The first-order valence-electron chi connectivity index (χ1n) is 10.7. The third-order valence-electron chi connectivity index (χ3n) is 4.79. The van der Waals surface area contributed by atoms with Crippen LogP contribution in [0.25, 0.3) is 0 Å². The number of carbonyl (C=O) groups is 3. The first-order valence-corrected chi connectivity index (χ1v) is 10.7. The zero-order chi connectivity index (χ0) is 20.3. The second-order valence-corrected chi connectivity index (χ2v) is 7.38. The zero-order valence-electron chi connectivity index (χ0n) is 18.0. The number of hydrogen-bond acceptors (Lipinski definition) is 3. The Morgan fingerprint density at radius 3 is 1.54 bits per heavy atom. The van der Waals surface area contributed by atoms with E-state index in [1.807, 2.05) is 0 Å². The summed E-state index contributed by atoms with van der Waals surface area (Å²) >= 11 is 0. The molecule has 0 radical (unpaired) electrons. The van der Waals surface area contributed by atoms with Crippen LogP contribution in [0.5, 0.6) is 0 Å². The second kappa shape index (κ2) is 21.1. The number of nitrogens with one attached hydrogen (secondary N) is 1. The summed E-state index contributed by atoms with van der Waals surface area (Å²) in [5, 5.41) is 20.0. The van der Waals surface area contributed by atoms with E-state index in [4.69, 9.17) is 10.2 Å². The summed E-state index contributed by atoms with van der Waals surface area (Å²) in [6, 6.07) is -1.12. The number of hydrogen-bond donors (Lipinski definition) is 3. The quantitative estimate of drug-likeness (QED) is 0.224. The fraction of sp³-hybridized carbons (Fsp3) is 0.857. The Morgan fingerprint density at radius 2 is 1.14 bits per heavy atom. The number of unbranched alkanes of at least 4 members (excludes halogenated alkanes) is 12. The van der Waals surface area contributed by atoms with E-state index >= 15 is 0 Å². The maximum absolute atomic E-state index is 11.8. The van der Waals surface area contributed by atoms with Crippen molar-refractivity contribution in [2.75, 3.05) is 0 Å². The van der Waals surface area contributed by atoms with Crippen molar-refractivity contribution in [1.82, 2.24) is 5.32 Å². The van der Waals surface area contributed by atoms with Crippen molar-refractivity contribution in [3.8, 4) is 0 Å². The number of rotatable bonds is 19. The number of aliphatic carboxylic acids is 2. The molecule has 0 aliphatic rings. The molecule has 0 saturated heterocycles. The van der Waals surface area contributed by atoms with Gasteiger partial charge in [0.05, 0.1) is 0 Å². The topological polar surface area (TPSA) is 104 Å². The van der Waals surface area contributed by atoms with Gasteiger partial charge in [-0.1, -0.05) is 84.0 Å². The minimum absolute atomic E-state index is 0. The maximum Gasteiger partial charge on any atom is 1.00 e. The summed E-state index contributed by atoms with van der Waals surface area (Å²) in [6.45, 7) is 2.24. The van der Waals surface area contributed by atoms with E-state index in [1.54, 1.807) is 0 Å². The molecule has 1 atom stereocenters. The molecule has 0 bridgehead atoms. The van der Waals surface area contributed by atoms with Gasteiger partial charge in [0, 0.05) is 12.8 Å². The molecular formula is C21H39NNaO5+. The molecule has 0 heterocycles. The van der Waals surface area contributed by atoms with E-state index in [0.29, 0.717) is 6.42 Å². The largest absolute Gasteiger partial charge is 1.00 e. The SMILES string of the molecule is CCCCCCCCCCCCCCCC(=O)N[C@@H](CCC(=O)O)C(=O)O.[Na+]. The molecule has 0 rings (SSSR count). The van der Waals surface area contributed by atoms with Crippen molar-refractivity contribution < 1.29 is 54.2 Å². The third-order valence-corrected chi connectivity index (χ3v) is 4.79. The van der Waals surface area contributed by atoms with Crippen molar-refractivity contribution in [2.24, 2.45) is 0 Å². The van der Waals surface area contributed by atoms with Crippen molar-refractivity contribution >= 4 is 17.8 Å². The summed E-state index contributed by atoms with van der Waals surface area (Å²) in [7, 11) is 0. The fourth-order valence-corrected chi connectivity index (χ4v) is 3.10. The molecule has 28 heavy (non-hydrogen) atoms. The molecule has 0 unspecified atom stereocenters. The van der Waals surface area contributed by atoms with Gasteiger partial charge in [-0.05, 0) is 12.8 Å². The van der Waals surface area contributed by atoms with Crippen LogP contribution in [0.2, 0.25) is 0 Å². The molecule has 7 heteroatoms. The zero-order valence-corrected chi connectivity index (χ0v) is 20.0. The summed E-state index contributed by atoms with van der Waals surface area (Å²) in [5.74, 6) is -2.56. The van der Waals surface area contributed by atoms with Gasteiger partial charge in [0.25, 0.3) is 0 Å². The van der Waals surface area contributed by atoms with E-state index < -0.39 is 18.0 Å². The summed E-state index contributed by atoms with van der Waals surface area (Å²) < 4.78 is 0. The van der Waals surface area contributed by atoms with Crippen LogP contribution >= 0.6 is 0 Å². The average Bonchev–Trinajstić information content (AvgIpc) is 2.62. The normalized spacial score (nSPS) is 11.5. The molecular weight excluding hydrogens is 369 g/mol. The van der Waals surface area contributed by atoms with E-state index in [1.165, 1.54) is 64.2 Å². The monoisotopic (exact) mass is 408 g/mol. The van der Waals surface area contributed by atoms with Crippen LogP contribution < -0.4 is 34.9 Å². The molecule has 1 amide bonds. The Hall–Kier alpha value is -0.590. The predicted octanol–water partition coefficient (Wildman–Crippen LogP) is 1.91.